The van der Waals surface area contributed by atoms with Crippen molar-refractivity contribution in [2.45, 2.75) is 37.5 Å². The molecule has 0 radical (unpaired) electrons. The predicted octanol–water partition coefficient (Wildman–Crippen LogP) is 13.1. The van der Waals surface area contributed by atoms with Crippen LogP contribution in [0, 0.1) is 46.5 Å². The SMILES string of the molecule is CC(C)c1c(F)c(F)c(C(=O)c2ccc(Oc3ccc(C(=O)c4c(F)c(F)c(Oc5ccc(C(c6ccc(O)cc6)(C(F)(F)F)C(F)(F)F)cc5)c(F)c4F)cc3)cc2)c(F)c1F. The van der Waals surface area contributed by atoms with Gasteiger partial charge in [0.25, 0.3) is 0 Å². The third-order valence-corrected chi connectivity index (χ3v) is 9.68. The normalized spacial score (nSPS) is 12.1. The lowest BCUT2D eigenvalue weighted by Crippen LogP contribution is -2.54. The van der Waals surface area contributed by atoms with E-state index in [1.807, 2.05) is 0 Å². The minimum Gasteiger partial charge on any atom is -0.508 e. The van der Waals surface area contributed by atoms with Gasteiger partial charge >= 0.3 is 12.4 Å². The molecule has 6 aromatic carbocycles. The second-order valence-corrected chi connectivity index (χ2v) is 13.9. The minimum atomic E-state index is -6.05. The van der Waals surface area contributed by atoms with E-state index in [9.17, 15) is 58.6 Å². The summed E-state index contributed by atoms with van der Waals surface area (Å²) in [5, 5.41) is 9.44. The average Bonchev–Trinajstić information content (AvgIpc) is 3.22. The van der Waals surface area contributed by atoms with Crippen LogP contribution >= 0.6 is 0 Å². The van der Waals surface area contributed by atoms with Crippen molar-refractivity contribution in [1.82, 2.24) is 0 Å². The van der Waals surface area contributed by atoms with Gasteiger partial charge in [-0.1, -0.05) is 38.1 Å². The molecule has 6 aromatic rings. The van der Waals surface area contributed by atoms with Gasteiger partial charge in [0.15, 0.2) is 46.5 Å². The lowest BCUT2D eigenvalue weighted by Gasteiger charge is -2.38. The van der Waals surface area contributed by atoms with Gasteiger partial charge in [-0.3, -0.25) is 9.59 Å². The number of carbonyl (C=O) groups is 2. The summed E-state index contributed by atoms with van der Waals surface area (Å²) in [6, 6.07) is 11.4. The molecule has 0 aromatic heterocycles. The van der Waals surface area contributed by atoms with Gasteiger partial charge in [-0.05, 0) is 89.8 Å². The van der Waals surface area contributed by atoms with Crippen molar-refractivity contribution in [2.24, 2.45) is 0 Å². The molecule has 0 aliphatic carbocycles. The van der Waals surface area contributed by atoms with Crippen molar-refractivity contribution in [1.29, 1.82) is 0 Å². The molecule has 328 valence electrons. The standard InChI is InChI=1S/C44H24F14O5/c1-19(2)28-31(45)33(47)29(34(48)32(28)46)39(60)20-3-13-25(14-4-20)62-26-15-5-21(6-16-26)40(61)30-35(49)37(51)41(38(52)36(30)50)63-27-17-9-23(10-18-27)42(43(53,54)55,44(56,57)58)22-7-11-24(59)12-8-22/h3-19,59H,1-2H3. The van der Waals surface area contributed by atoms with Crippen LogP contribution in [0.15, 0.2) is 97.1 Å². The largest absolute Gasteiger partial charge is 0.508 e. The quantitative estimate of drug-likeness (QED) is 0.0797. The first-order chi connectivity index (χ1) is 29.4. The number of phenols is 1. The Balaban J connectivity index is 1.20. The molecule has 1 N–H and O–H groups in total. The summed E-state index contributed by atoms with van der Waals surface area (Å²) in [5.74, 6) is -23.9. The fourth-order valence-corrected chi connectivity index (χ4v) is 6.61. The van der Waals surface area contributed by atoms with Gasteiger partial charge in [-0.15, -0.1) is 0 Å². The summed E-state index contributed by atoms with van der Waals surface area (Å²) in [7, 11) is 0. The Morgan fingerprint density at radius 1 is 0.460 bits per heavy atom. The molecule has 19 heteroatoms. The van der Waals surface area contributed by atoms with Gasteiger partial charge in [-0.25, -0.2) is 26.3 Å². The molecule has 0 spiro atoms. The third kappa shape index (κ3) is 8.02. The lowest BCUT2D eigenvalue weighted by molar-refractivity contribution is -0.288. The molecule has 0 bridgehead atoms. The number of ether oxygens (including phenoxy) is 2. The molecule has 0 amide bonds. The van der Waals surface area contributed by atoms with Crippen molar-refractivity contribution < 1.29 is 85.6 Å². The number of rotatable bonds is 11. The van der Waals surface area contributed by atoms with E-state index in [2.05, 4.69) is 0 Å². The van der Waals surface area contributed by atoms with Gasteiger partial charge in [-0.2, -0.15) is 35.1 Å². The zero-order valence-corrected chi connectivity index (χ0v) is 31.7. The maximum Gasteiger partial charge on any atom is 0.411 e. The van der Waals surface area contributed by atoms with Gasteiger partial charge in [0.1, 0.15) is 34.1 Å². The van der Waals surface area contributed by atoms with E-state index < -0.39 is 138 Å². The highest BCUT2D eigenvalue weighted by atomic mass is 19.4. The Morgan fingerprint density at radius 2 is 0.778 bits per heavy atom. The van der Waals surface area contributed by atoms with Crippen molar-refractivity contribution in [3.8, 4) is 28.7 Å². The molecule has 0 fully saturated rings. The van der Waals surface area contributed by atoms with Crippen LogP contribution in [0.2, 0.25) is 0 Å². The molecular weight excluding hydrogens is 874 g/mol. The minimum absolute atomic E-state index is 0.0529. The van der Waals surface area contributed by atoms with Crippen LogP contribution in [-0.2, 0) is 5.41 Å². The van der Waals surface area contributed by atoms with Crippen LogP contribution in [0.25, 0.3) is 0 Å². The first-order valence-electron chi connectivity index (χ1n) is 17.8. The summed E-state index contributed by atoms with van der Waals surface area (Å²) in [6.45, 7) is 2.57. The second-order valence-electron chi connectivity index (χ2n) is 13.9. The van der Waals surface area contributed by atoms with E-state index in [4.69, 9.17) is 9.47 Å². The number of phenolic OH excluding ortho intramolecular Hbond substituents is 1. The molecule has 0 aliphatic rings. The second kappa shape index (κ2) is 16.7. The van der Waals surface area contributed by atoms with Crippen LogP contribution in [-0.4, -0.2) is 29.0 Å². The highest BCUT2D eigenvalue weighted by Gasteiger charge is 2.72. The number of halogens is 14. The Bertz CT molecular complexity index is 2660. The molecule has 0 atom stereocenters. The van der Waals surface area contributed by atoms with Crippen molar-refractivity contribution in [3.05, 3.63) is 183 Å². The zero-order chi connectivity index (χ0) is 46.5. The molecule has 5 nitrogen and oxygen atoms in total. The van der Waals surface area contributed by atoms with Gasteiger partial charge in [0, 0.05) is 16.7 Å². The molecule has 0 unspecified atom stereocenters. The monoisotopic (exact) mass is 898 g/mol. The highest BCUT2D eigenvalue weighted by Crippen LogP contribution is 2.56. The van der Waals surface area contributed by atoms with Crippen LogP contribution in [0.1, 0.15) is 68.3 Å². The Hall–Kier alpha value is -6.92. The summed E-state index contributed by atoms with van der Waals surface area (Å²) in [4.78, 5) is 25.9. The summed E-state index contributed by atoms with van der Waals surface area (Å²) in [6.07, 6.45) is -12.1. The molecule has 63 heavy (non-hydrogen) atoms. The predicted molar refractivity (Wildman–Crippen MR) is 194 cm³/mol. The highest BCUT2D eigenvalue weighted by molar-refractivity contribution is 6.10. The number of hydrogen-bond acceptors (Lipinski definition) is 5. The first kappa shape index (κ1) is 45.6. The molecule has 0 saturated carbocycles. The topological polar surface area (TPSA) is 72.8 Å². The Kier molecular flexibility index (Phi) is 12.1. The van der Waals surface area contributed by atoms with Crippen LogP contribution in [0.4, 0.5) is 61.5 Å². The Morgan fingerprint density at radius 3 is 1.13 bits per heavy atom. The number of aromatic hydroxyl groups is 1. The smallest absolute Gasteiger partial charge is 0.411 e. The number of ketones is 2. The Labute approximate surface area is 345 Å². The van der Waals surface area contributed by atoms with E-state index in [0.29, 0.717) is 36.4 Å². The summed E-state index contributed by atoms with van der Waals surface area (Å²) >= 11 is 0. The lowest BCUT2D eigenvalue weighted by atomic mass is 9.73. The van der Waals surface area contributed by atoms with Crippen LogP contribution < -0.4 is 9.47 Å². The number of hydrogen-bond donors (Lipinski definition) is 1. The van der Waals surface area contributed by atoms with E-state index in [1.165, 1.54) is 13.8 Å². The molecule has 6 rings (SSSR count). The van der Waals surface area contributed by atoms with E-state index in [1.54, 1.807) is 0 Å². The number of alkyl halides is 6. The van der Waals surface area contributed by atoms with Gasteiger partial charge < -0.3 is 14.6 Å². The summed E-state index contributed by atoms with van der Waals surface area (Å²) < 4.78 is 216. The van der Waals surface area contributed by atoms with E-state index >= 15 is 17.6 Å². The fourth-order valence-electron chi connectivity index (χ4n) is 6.61. The maximum absolute atomic E-state index is 15.3. The maximum atomic E-state index is 15.3. The van der Waals surface area contributed by atoms with Crippen molar-refractivity contribution in [3.63, 3.8) is 0 Å². The molecule has 0 aliphatic heterocycles. The van der Waals surface area contributed by atoms with Crippen LogP contribution in [0.3, 0.4) is 0 Å². The van der Waals surface area contributed by atoms with E-state index in [0.717, 1.165) is 48.5 Å². The van der Waals surface area contributed by atoms with Crippen molar-refractivity contribution >= 4 is 11.6 Å². The van der Waals surface area contributed by atoms with Crippen LogP contribution in [0.5, 0.6) is 28.7 Å². The van der Waals surface area contributed by atoms with E-state index in [-0.39, 0.29) is 23.6 Å². The fraction of sp³-hybridized carbons (Fsp3) is 0.136. The molecule has 0 heterocycles. The van der Waals surface area contributed by atoms with Gasteiger partial charge in [0.2, 0.25) is 22.8 Å². The zero-order valence-electron chi connectivity index (χ0n) is 31.7. The number of carbonyl (C=O) groups excluding carboxylic acids is 2. The average molecular weight is 899 g/mol. The van der Waals surface area contributed by atoms with Gasteiger partial charge in [0.05, 0.1) is 0 Å². The summed E-state index contributed by atoms with van der Waals surface area (Å²) in [5.41, 5.74) is -12.6. The van der Waals surface area contributed by atoms with Crippen molar-refractivity contribution in [2.75, 3.05) is 0 Å². The third-order valence-electron chi connectivity index (χ3n) is 9.68. The first-order valence-corrected chi connectivity index (χ1v) is 17.8. The number of benzene rings is 6. The molecule has 0 saturated heterocycles. The molecular formula is C44H24F14O5.